The lowest BCUT2D eigenvalue weighted by molar-refractivity contribution is 0.258. The highest BCUT2D eigenvalue weighted by Gasteiger charge is 2.19. The molecule has 3 heterocycles. The van der Waals surface area contributed by atoms with Gasteiger partial charge in [0.15, 0.2) is 0 Å². The molecule has 0 bridgehead atoms. The minimum Gasteiger partial charge on any atom is -0.367 e. The first-order valence-corrected chi connectivity index (χ1v) is 8.67. The van der Waals surface area contributed by atoms with E-state index in [4.69, 9.17) is 16.6 Å². The second-order valence-electron chi connectivity index (χ2n) is 6.15. The molecule has 1 aliphatic heterocycles. The van der Waals surface area contributed by atoms with E-state index in [-0.39, 0.29) is 0 Å². The van der Waals surface area contributed by atoms with Gasteiger partial charge in [-0.1, -0.05) is 24.6 Å². The van der Waals surface area contributed by atoms with Crippen LogP contribution in [0.2, 0.25) is 5.02 Å². The molecule has 4 rings (SSSR count). The van der Waals surface area contributed by atoms with Gasteiger partial charge in [-0.05, 0) is 31.2 Å². The third-order valence-electron chi connectivity index (χ3n) is 4.70. The molecule has 1 saturated heterocycles. The first-order valence-electron chi connectivity index (χ1n) is 8.29. The van der Waals surface area contributed by atoms with Crippen molar-refractivity contribution in [3.63, 3.8) is 0 Å². The molecule has 0 spiro atoms. The van der Waals surface area contributed by atoms with E-state index in [2.05, 4.69) is 39.3 Å². The lowest BCUT2D eigenvalue weighted by Crippen LogP contribution is -2.46. The summed E-state index contributed by atoms with van der Waals surface area (Å²) in [4.78, 5) is 9.71. The average Bonchev–Trinajstić information content (AvgIpc) is 2.97. The fourth-order valence-electron chi connectivity index (χ4n) is 3.51. The minimum atomic E-state index is 0.748. The molecule has 2 aromatic heterocycles. The first-order chi connectivity index (χ1) is 11.3. The topological polar surface area (TPSA) is 23.8 Å². The monoisotopic (exact) mass is 328 g/mol. The van der Waals surface area contributed by atoms with Crippen LogP contribution in [-0.4, -0.2) is 47.0 Å². The van der Waals surface area contributed by atoms with Crippen molar-refractivity contribution in [2.45, 2.75) is 13.3 Å². The van der Waals surface area contributed by atoms with Crippen molar-refractivity contribution < 1.29 is 0 Å². The van der Waals surface area contributed by atoms with Gasteiger partial charge in [0.05, 0.1) is 27.9 Å². The van der Waals surface area contributed by atoms with E-state index in [9.17, 15) is 0 Å². The smallest absolute Gasteiger partial charge is 0.110 e. The normalized spacial score (nSPS) is 16.5. The van der Waals surface area contributed by atoms with Gasteiger partial charge in [-0.15, -0.1) is 0 Å². The molecule has 0 amide bonds. The van der Waals surface area contributed by atoms with Crippen LogP contribution in [0.15, 0.2) is 36.7 Å². The zero-order chi connectivity index (χ0) is 15.8. The number of hydrogen-bond acceptors (Lipinski definition) is 3. The van der Waals surface area contributed by atoms with Gasteiger partial charge in [-0.25, -0.2) is 0 Å². The van der Waals surface area contributed by atoms with E-state index in [1.165, 1.54) is 18.7 Å². The molecular weight excluding hydrogens is 308 g/mol. The summed E-state index contributed by atoms with van der Waals surface area (Å²) in [6, 6.07) is 8.34. The summed E-state index contributed by atoms with van der Waals surface area (Å²) in [5, 5.41) is 0.748. The molecule has 0 aliphatic carbocycles. The number of anilines is 1. The Balaban J connectivity index is 1.72. The largest absolute Gasteiger partial charge is 0.367 e. The van der Waals surface area contributed by atoms with Gasteiger partial charge < -0.3 is 9.30 Å². The molecule has 23 heavy (non-hydrogen) atoms. The van der Waals surface area contributed by atoms with E-state index in [1.54, 1.807) is 0 Å². The van der Waals surface area contributed by atoms with Crippen LogP contribution in [0, 0.1) is 0 Å². The molecule has 0 saturated carbocycles. The molecule has 0 atom stereocenters. The quantitative estimate of drug-likeness (QED) is 0.733. The Kier molecular flexibility index (Phi) is 3.87. The Morgan fingerprint density at radius 3 is 2.70 bits per heavy atom. The lowest BCUT2D eigenvalue weighted by Gasteiger charge is -2.36. The maximum Gasteiger partial charge on any atom is 0.110 e. The molecule has 4 nitrogen and oxygen atoms in total. The number of piperazine rings is 1. The first kappa shape index (κ1) is 14.8. The van der Waals surface area contributed by atoms with Crippen molar-refractivity contribution in [1.29, 1.82) is 0 Å². The highest BCUT2D eigenvalue weighted by Crippen LogP contribution is 2.29. The predicted molar refractivity (Wildman–Crippen MR) is 96.7 cm³/mol. The Labute approximate surface area is 141 Å². The number of fused-ring (bicyclic) bond motifs is 3. The van der Waals surface area contributed by atoms with Crippen molar-refractivity contribution in [2.75, 3.05) is 37.6 Å². The predicted octanol–water partition coefficient (Wildman–Crippen LogP) is 3.67. The molecule has 0 N–H and O–H groups in total. The van der Waals surface area contributed by atoms with E-state index >= 15 is 0 Å². The van der Waals surface area contributed by atoms with Crippen LogP contribution in [0.4, 0.5) is 5.69 Å². The van der Waals surface area contributed by atoms with Crippen molar-refractivity contribution in [3.05, 3.63) is 41.7 Å². The third kappa shape index (κ3) is 2.56. The van der Waals surface area contributed by atoms with Crippen molar-refractivity contribution in [1.82, 2.24) is 14.3 Å². The van der Waals surface area contributed by atoms with Gasteiger partial charge in [0.25, 0.3) is 0 Å². The Morgan fingerprint density at radius 1 is 1.09 bits per heavy atom. The van der Waals surface area contributed by atoms with Gasteiger partial charge in [-0.3, -0.25) is 9.88 Å². The number of rotatable bonds is 3. The highest BCUT2D eigenvalue weighted by atomic mass is 35.5. The maximum absolute atomic E-state index is 6.23. The van der Waals surface area contributed by atoms with Crippen LogP contribution in [0.1, 0.15) is 13.3 Å². The minimum absolute atomic E-state index is 0.748. The highest BCUT2D eigenvalue weighted by molar-refractivity contribution is 6.34. The number of aromatic nitrogens is 2. The summed E-state index contributed by atoms with van der Waals surface area (Å²) in [6.07, 6.45) is 5.12. The number of benzene rings is 1. The Bertz CT molecular complexity index is 834. The van der Waals surface area contributed by atoms with Crippen molar-refractivity contribution in [3.8, 4) is 0 Å². The lowest BCUT2D eigenvalue weighted by atomic mass is 10.2. The van der Waals surface area contributed by atoms with E-state index < -0.39 is 0 Å². The van der Waals surface area contributed by atoms with Crippen molar-refractivity contribution >= 4 is 33.8 Å². The Morgan fingerprint density at radius 2 is 1.91 bits per heavy atom. The number of nitrogens with zero attached hydrogens (tertiary/aromatic N) is 4. The van der Waals surface area contributed by atoms with E-state index in [1.807, 2.05) is 18.5 Å². The fraction of sp³-hybridized carbons (Fsp3) is 0.389. The van der Waals surface area contributed by atoms with Crippen LogP contribution in [0.5, 0.6) is 0 Å². The molecule has 0 radical (unpaired) electrons. The van der Waals surface area contributed by atoms with Crippen LogP contribution in [0.25, 0.3) is 16.6 Å². The summed E-state index contributed by atoms with van der Waals surface area (Å²) >= 11 is 6.23. The molecule has 1 aliphatic rings. The SMILES string of the molecule is CCCN1CCN(c2cccc3c2ncc2c(Cl)ccn23)CC1. The van der Waals surface area contributed by atoms with Gasteiger partial charge >= 0.3 is 0 Å². The number of hydrogen-bond donors (Lipinski definition) is 0. The number of para-hydroxylation sites is 1. The van der Waals surface area contributed by atoms with E-state index in [0.717, 1.165) is 47.8 Å². The zero-order valence-electron chi connectivity index (χ0n) is 13.4. The third-order valence-corrected chi connectivity index (χ3v) is 5.02. The molecule has 5 heteroatoms. The number of halogens is 1. The standard InChI is InChI=1S/C18H21ClN4/c1-2-7-21-9-11-22(12-10-21)15-4-3-5-16-18(15)20-13-17-14(19)6-8-23(16)17/h3-6,8,13H,2,7,9-12H2,1H3. The summed E-state index contributed by atoms with van der Waals surface area (Å²) in [5.74, 6) is 0. The molecular formula is C18H21ClN4. The van der Waals surface area contributed by atoms with E-state index in [0.29, 0.717) is 0 Å². The van der Waals surface area contributed by atoms with Crippen molar-refractivity contribution in [2.24, 2.45) is 0 Å². The van der Waals surface area contributed by atoms with Crippen LogP contribution < -0.4 is 4.90 Å². The molecule has 3 aromatic rings. The molecule has 0 unspecified atom stereocenters. The molecule has 1 fully saturated rings. The maximum atomic E-state index is 6.23. The summed E-state index contributed by atoms with van der Waals surface area (Å²) in [5.41, 5.74) is 4.36. The second-order valence-corrected chi connectivity index (χ2v) is 6.56. The van der Waals surface area contributed by atoms with Crippen LogP contribution >= 0.6 is 11.6 Å². The summed E-state index contributed by atoms with van der Waals surface area (Å²) in [6.45, 7) is 7.82. The second kappa shape index (κ2) is 6.02. The van der Waals surface area contributed by atoms with Gasteiger partial charge in [-0.2, -0.15) is 0 Å². The Hall–Kier alpha value is -1.78. The molecule has 120 valence electrons. The fourth-order valence-corrected chi connectivity index (χ4v) is 3.71. The molecule has 1 aromatic carbocycles. The van der Waals surface area contributed by atoms with Gasteiger partial charge in [0, 0.05) is 32.4 Å². The zero-order valence-corrected chi connectivity index (χ0v) is 14.1. The van der Waals surface area contributed by atoms with Crippen LogP contribution in [-0.2, 0) is 0 Å². The van der Waals surface area contributed by atoms with Gasteiger partial charge in [0.2, 0.25) is 0 Å². The van der Waals surface area contributed by atoms with Gasteiger partial charge in [0.1, 0.15) is 5.52 Å². The van der Waals surface area contributed by atoms with Crippen LogP contribution in [0.3, 0.4) is 0 Å². The average molecular weight is 329 g/mol. The summed E-state index contributed by atoms with van der Waals surface area (Å²) < 4.78 is 2.13. The summed E-state index contributed by atoms with van der Waals surface area (Å²) in [7, 11) is 0.